The van der Waals surface area contributed by atoms with Gasteiger partial charge in [-0.1, -0.05) is 18.2 Å². The first-order valence-electron chi connectivity index (χ1n) is 4.22. The van der Waals surface area contributed by atoms with E-state index in [4.69, 9.17) is 4.74 Å². The molecule has 0 atom stereocenters. The molecule has 0 saturated heterocycles. The van der Waals surface area contributed by atoms with Gasteiger partial charge < -0.3 is 4.74 Å². The molecule has 3 heteroatoms. The molecule has 1 rings (SSSR count). The zero-order valence-corrected chi connectivity index (χ0v) is 8.83. The van der Waals surface area contributed by atoms with Crippen LogP contribution in [0.25, 0.3) is 6.08 Å². The molecule has 0 bridgehead atoms. The molecule has 0 N–H and O–H groups in total. The Kier molecular flexibility index (Phi) is 4.26. The van der Waals surface area contributed by atoms with Crippen LogP contribution in [0.5, 0.6) is 5.75 Å². The number of carbonyl (C=O) groups excluding carboxylic acids is 1. The van der Waals surface area contributed by atoms with Gasteiger partial charge in [-0.2, -0.15) is 12.6 Å². The van der Waals surface area contributed by atoms with Gasteiger partial charge in [-0.3, -0.25) is 4.79 Å². The predicted molar refractivity (Wildman–Crippen MR) is 61.3 cm³/mol. The molecule has 0 radical (unpaired) electrons. The second-order valence-corrected chi connectivity index (χ2v) is 3.07. The van der Waals surface area contributed by atoms with E-state index in [1.54, 1.807) is 13.2 Å². The highest BCUT2D eigenvalue weighted by Crippen LogP contribution is 2.19. The van der Waals surface area contributed by atoms with Crippen molar-refractivity contribution in [1.82, 2.24) is 0 Å². The second kappa shape index (κ2) is 5.50. The lowest BCUT2D eigenvalue weighted by atomic mass is 10.1. The zero-order chi connectivity index (χ0) is 10.4. The summed E-state index contributed by atoms with van der Waals surface area (Å²) in [6.45, 7) is 0. The summed E-state index contributed by atoms with van der Waals surface area (Å²) in [5.41, 5.74) is 1.57. The SMILES string of the molecule is COc1cc(C=CCS)ccc1C=O. The van der Waals surface area contributed by atoms with Gasteiger partial charge in [-0.05, 0) is 17.7 Å². The summed E-state index contributed by atoms with van der Waals surface area (Å²) >= 11 is 4.06. The van der Waals surface area contributed by atoms with Crippen LogP contribution >= 0.6 is 12.6 Å². The van der Waals surface area contributed by atoms with Crippen molar-refractivity contribution in [2.75, 3.05) is 12.9 Å². The number of hydrogen-bond acceptors (Lipinski definition) is 3. The Morgan fingerprint density at radius 3 is 2.86 bits per heavy atom. The Morgan fingerprint density at radius 2 is 2.29 bits per heavy atom. The van der Waals surface area contributed by atoms with Crippen LogP contribution in [0.1, 0.15) is 15.9 Å². The summed E-state index contributed by atoms with van der Waals surface area (Å²) in [6, 6.07) is 5.43. The van der Waals surface area contributed by atoms with Crippen LogP contribution in [0.4, 0.5) is 0 Å². The number of hydrogen-bond donors (Lipinski definition) is 1. The lowest BCUT2D eigenvalue weighted by Gasteiger charge is -2.03. The van der Waals surface area contributed by atoms with Crippen molar-refractivity contribution in [2.45, 2.75) is 0 Å². The van der Waals surface area contributed by atoms with E-state index in [2.05, 4.69) is 12.6 Å². The summed E-state index contributed by atoms with van der Waals surface area (Å²) < 4.78 is 5.07. The van der Waals surface area contributed by atoms with Crippen LogP contribution in [0, 0.1) is 0 Å². The minimum Gasteiger partial charge on any atom is -0.496 e. The molecule has 1 aromatic carbocycles. The average Bonchev–Trinajstić information content (AvgIpc) is 2.25. The fourth-order valence-electron chi connectivity index (χ4n) is 1.12. The highest BCUT2D eigenvalue weighted by Gasteiger charge is 2.00. The number of methoxy groups -OCH3 is 1. The Hall–Kier alpha value is -1.22. The molecular formula is C11H12O2S. The van der Waals surface area contributed by atoms with Crippen LogP contribution in [0.15, 0.2) is 24.3 Å². The third-order valence-corrected chi connectivity index (χ3v) is 2.01. The third kappa shape index (κ3) is 2.64. The van der Waals surface area contributed by atoms with Gasteiger partial charge in [0.05, 0.1) is 12.7 Å². The van der Waals surface area contributed by atoms with E-state index in [0.29, 0.717) is 17.1 Å². The fourth-order valence-corrected chi connectivity index (χ4v) is 1.22. The highest BCUT2D eigenvalue weighted by molar-refractivity contribution is 7.80. The van der Waals surface area contributed by atoms with Crippen molar-refractivity contribution in [2.24, 2.45) is 0 Å². The molecule has 0 aliphatic heterocycles. The number of ether oxygens (including phenoxy) is 1. The van der Waals surface area contributed by atoms with Crippen molar-refractivity contribution >= 4 is 25.0 Å². The molecule has 74 valence electrons. The summed E-state index contributed by atoms with van der Waals surface area (Å²) in [4.78, 5) is 10.6. The standard InChI is InChI=1S/C11H12O2S/c1-13-11-7-9(3-2-6-14)4-5-10(11)8-12/h2-5,7-8,14H,6H2,1H3. The van der Waals surface area contributed by atoms with Gasteiger partial charge in [0.1, 0.15) is 5.75 Å². The number of thiol groups is 1. The van der Waals surface area contributed by atoms with Crippen molar-refractivity contribution < 1.29 is 9.53 Å². The van der Waals surface area contributed by atoms with Crippen molar-refractivity contribution in [1.29, 1.82) is 0 Å². The van der Waals surface area contributed by atoms with Gasteiger partial charge in [0.2, 0.25) is 0 Å². The van der Waals surface area contributed by atoms with Crippen LogP contribution in [-0.4, -0.2) is 19.1 Å². The van der Waals surface area contributed by atoms with E-state index in [9.17, 15) is 4.79 Å². The first kappa shape index (κ1) is 10.9. The minimum atomic E-state index is 0.565. The first-order valence-corrected chi connectivity index (χ1v) is 4.85. The van der Waals surface area contributed by atoms with E-state index in [0.717, 1.165) is 11.8 Å². The van der Waals surface area contributed by atoms with Gasteiger partial charge in [0.15, 0.2) is 6.29 Å². The van der Waals surface area contributed by atoms with Crippen molar-refractivity contribution in [3.8, 4) is 5.75 Å². The molecule has 0 aliphatic carbocycles. The second-order valence-electron chi connectivity index (χ2n) is 2.70. The van der Waals surface area contributed by atoms with E-state index < -0.39 is 0 Å². The van der Waals surface area contributed by atoms with E-state index in [1.165, 1.54) is 0 Å². The summed E-state index contributed by atoms with van der Waals surface area (Å²) in [5.74, 6) is 1.29. The van der Waals surface area contributed by atoms with Gasteiger partial charge in [-0.25, -0.2) is 0 Å². The van der Waals surface area contributed by atoms with Gasteiger partial charge >= 0.3 is 0 Å². The van der Waals surface area contributed by atoms with Gasteiger partial charge in [-0.15, -0.1) is 0 Å². The van der Waals surface area contributed by atoms with Crippen LogP contribution in [0.2, 0.25) is 0 Å². The summed E-state index contributed by atoms with van der Waals surface area (Å²) in [6.07, 6.45) is 4.65. The summed E-state index contributed by atoms with van der Waals surface area (Å²) in [5, 5.41) is 0. The molecular weight excluding hydrogens is 196 g/mol. The molecule has 0 aliphatic rings. The topological polar surface area (TPSA) is 26.3 Å². The molecule has 2 nitrogen and oxygen atoms in total. The molecule has 14 heavy (non-hydrogen) atoms. The van der Waals surface area contributed by atoms with Crippen LogP contribution < -0.4 is 4.74 Å². The summed E-state index contributed by atoms with van der Waals surface area (Å²) in [7, 11) is 1.55. The van der Waals surface area contributed by atoms with Crippen LogP contribution in [0.3, 0.4) is 0 Å². The quantitative estimate of drug-likeness (QED) is 0.607. The Bertz CT molecular complexity index is 345. The first-order chi connectivity index (χ1) is 6.81. The maximum Gasteiger partial charge on any atom is 0.153 e. The van der Waals surface area contributed by atoms with Crippen LogP contribution in [-0.2, 0) is 0 Å². The lowest BCUT2D eigenvalue weighted by molar-refractivity contribution is 0.112. The number of rotatable bonds is 4. The maximum absolute atomic E-state index is 10.6. The number of carbonyl (C=O) groups is 1. The normalized spacial score (nSPS) is 10.4. The average molecular weight is 208 g/mol. The Morgan fingerprint density at radius 1 is 1.50 bits per heavy atom. The molecule has 0 heterocycles. The van der Waals surface area contributed by atoms with Gasteiger partial charge in [0, 0.05) is 5.75 Å². The number of aldehydes is 1. The molecule has 1 aromatic rings. The number of benzene rings is 1. The smallest absolute Gasteiger partial charge is 0.153 e. The van der Waals surface area contributed by atoms with E-state index >= 15 is 0 Å². The minimum absolute atomic E-state index is 0.565. The zero-order valence-electron chi connectivity index (χ0n) is 7.93. The Balaban J connectivity index is 3.01. The largest absolute Gasteiger partial charge is 0.496 e. The van der Waals surface area contributed by atoms with E-state index in [1.807, 2.05) is 24.3 Å². The third-order valence-electron chi connectivity index (χ3n) is 1.80. The monoisotopic (exact) mass is 208 g/mol. The highest BCUT2D eigenvalue weighted by atomic mass is 32.1. The Labute approximate surface area is 89.0 Å². The fraction of sp³-hybridized carbons (Fsp3) is 0.182. The van der Waals surface area contributed by atoms with E-state index in [-0.39, 0.29) is 0 Å². The molecule has 0 unspecified atom stereocenters. The molecule has 0 amide bonds. The predicted octanol–water partition coefficient (Wildman–Crippen LogP) is 2.45. The van der Waals surface area contributed by atoms with Crippen molar-refractivity contribution in [3.63, 3.8) is 0 Å². The maximum atomic E-state index is 10.6. The van der Waals surface area contributed by atoms with Crippen molar-refractivity contribution in [3.05, 3.63) is 35.4 Å². The molecule has 0 saturated carbocycles. The molecule has 0 aromatic heterocycles. The molecule has 0 fully saturated rings. The molecule has 0 spiro atoms. The lowest BCUT2D eigenvalue weighted by Crippen LogP contribution is -1.90. The van der Waals surface area contributed by atoms with Gasteiger partial charge in [0.25, 0.3) is 0 Å².